The van der Waals surface area contributed by atoms with Crippen LogP contribution in [-0.4, -0.2) is 5.16 Å². The van der Waals surface area contributed by atoms with Crippen molar-refractivity contribution in [3.05, 3.63) is 41.4 Å². The summed E-state index contributed by atoms with van der Waals surface area (Å²) in [6, 6.07) is 3.65. The maximum Gasteiger partial charge on any atom is 0.417 e. The van der Waals surface area contributed by atoms with Gasteiger partial charge < -0.3 is 4.52 Å². The lowest BCUT2D eigenvalue weighted by Crippen LogP contribution is -2.07. The third kappa shape index (κ3) is 2.48. The van der Waals surface area contributed by atoms with E-state index in [1.165, 1.54) is 6.07 Å². The molecule has 0 saturated carbocycles. The normalized spacial score (nSPS) is 11.8. The van der Waals surface area contributed by atoms with Crippen molar-refractivity contribution in [1.82, 2.24) is 5.16 Å². The third-order valence-corrected chi connectivity index (χ3v) is 2.52. The lowest BCUT2D eigenvalue weighted by atomic mass is 10.0. The van der Waals surface area contributed by atoms with Crippen LogP contribution >= 0.6 is 11.6 Å². The van der Waals surface area contributed by atoms with Crippen LogP contribution in [0.2, 0.25) is 0 Å². The second kappa shape index (κ2) is 4.61. The summed E-state index contributed by atoms with van der Waals surface area (Å²) in [7, 11) is 0. The van der Waals surface area contributed by atoms with Crippen LogP contribution in [0.1, 0.15) is 11.3 Å². The van der Waals surface area contributed by atoms with E-state index in [-0.39, 0.29) is 22.9 Å². The summed E-state index contributed by atoms with van der Waals surface area (Å²) in [5, 5.41) is 3.48. The molecule has 18 heavy (non-hydrogen) atoms. The summed E-state index contributed by atoms with van der Waals surface area (Å²) >= 11 is 5.47. The molecule has 1 aromatic carbocycles. The molecule has 0 aliphatic carbocycles. The Morgan fingerprint density at radius 3 is 2.50 bits per heavy atom. The number of aromatic nitrogens is 1. The van der Waals surface area contributed by atoms with Crippen molar-refractivity contribution in [2.75, 3.05) is 0 Å². The SMILES string of the molecule is Fc1ccc(-c2cc(CCl)on2)c(C(F)(F)F)c1. The Morgan fingerprint density at radius 1 is 1.22 bits per heavy atom. The second-order valence-electron chi connectivity index (χ2n) is 3.50. The number of hydrogen-bond acceptors (Lipinski definition) is 2. The van der Waals surface area contributed by atoms with Crippen molar-refractivity contribution in [1.29, 1.82) is 0 Å². The molecule has 96 valence electrons. The molecule has 2 aromatic rings. The van der Waals surface area contributed by atoms with Gasteiger partial charge in [-0.1, -0.05) is 5.16 Å². The molecule has 7 heteroatoms. The molecular formula is C11H6ClF4NO. The highest BCUT2D eigenvalue weighted by Crippen LogP contribution is 2.37. The van der Waals surface area contributed by atoms with Crippen LogP contribution in [-0.2, 0) is 12.1 Å². The van der Waals surface area contributed by atoms with Gasteiger partial charge in [0.05, 0.1) is 11.4 Å². The van der Waals surface area contributed by atoms with Crippen molar-refractivity contribution >= 4 is 11.6 Å². The summed E-state index contributed by atoms with van der Waals surface area (Å²) in [4.78, 5) is 0. The van der Waals surface area contributed by atoms with E-state index in [1.54, 1.807) is 0 Å². The zero-order valence-corrected chi connectivity index (χ0v) is 9.52. The first kappa shape index (κ1) is 12.9. The van der Waals surface area contributed by atoms with Crippen LogP contribution in [0.25, 0.3) is 11.3 Å². The highest BCUT2D eigenvalue weighted by molar-refractivity contribution is 6.16. The summed E-state index contributed by atoms with van der Waals surface area (Å²) in [5.41, 5.74) is -1.38. The highest BCUT2D eigenvalue weighted by atomic mass is 35.5. The third-order valence-electron chi connectivity index (χ3n) is 2.25. The second-order valence-corrected chi connectivity index (χ2v) is 3.77. The molecule has 0 amide bonds. The van der Waals surface area contributed by atoms with Crippen LogP contribution in [0.5, 0.6) is 0 Å². The van der Waals surface area contributed by atoms with Crippen LogP contribution in [0.3, 0.4) is 0 Å². The van der Waals surface area contributed by atoms with Gasteiger partial charge in [0.15, 0.2) is 5.76 Å². The molecule has 0 atom stereocenters. The zero-order valence-electron chi connectivity index (χ0n) is 8.76. The van der Waals surface area contributed by atoms with E-state index >= 15 is 0 Å². The smallest absolute Gasteiger partial charge is 0.359 e. The molecule has 1 aromatic heterocycles. The van der Waals surface area contributed by atoms with E-state index in [0.717, 1.165) is 12.1 Å². The predicted octanol–water partition coefficient (Wildman–Crippen LogP) is 4.24. The summed E-state index contributed by atoms with van der Waals surface area (Å²) in [6.07, 6.45) is -4.67. The topological polar surface area (TPSA) is 26.0 Å². The molecule has 0 radical (unpaired) electrons. The fraction of sp³-hybridized carbons (Fsp3) is 0.182. The van der Waals surface area contributed by atoms with Crippen LogP contribution in [0.15, 0.2) is 28.8 Å². The van der Waals surface area contributed by atoms with Gasteiger partial charge in [-0.25, -0.2) is 4.39 Å². The Kier molecular flexibility index (Phi) is 3.30. The predicted molar refractivity (Wildman–Crippen MR) is 56.5 cm³/mol. The summed E-state index contributed by atoms with van der Waals surface area (Å²) < 4.78 is 55.9. The Labute approximate surface area is 104 Å². The molecule has 0 unspecified atom stereocenters. The molecule has 2 rings (SSSR count). The average Bonchev–Trinajstić information content (AvgIpc) is 2.76. The summed E-state index contributed by atoms with van der Waals surface area (Å²) in [6.45, 7) is 0. The zero-order chi connectivity index (χ0) is 13.3. The van der Waals surface area contributed by atoms with Crippen LogP contribution in [0, 0.1) is 5.82 Å². The van der Waals surface area contributed by atoms with Crippen molar-refractivity contribution in [3.8, 4) is 11.3 Å². The first-order chi connectivity index (χ1) is 8.41. The molecule has 2 nitrogen and oxygen atoms in total. The van der Waals surface area contributed by atoms with Gasteiger partial charge in [-0.05, 0) is 18.2 Å². The Hall–Kier alpha value is -1.56. The monoisotopic (exact) mass is 279 g/mol. The van der Waals surface area contributed by atoms with Crippen molar-refractivity contribution in [2.24, 2.45) is 0 Å². The number of nitrogens with zero attached hydrogens (tertiary/aromatic N) is 1. The molecule has 0 spiro atoms. The van der Waals surface area contributed by atoms with Crippen LogP contribution in [0.4, 0.5) is 17.6 Å². The fourth-order valence-corrected chi connectivity index (χ4v) is 1.60. The van der Waals surface area contributed by atoms with Crippen molar-refractivity contribution in [3.63, 3.8) is 0 Å². The van der Waals surface area contributed by atoms with Gasteiger partial charge in [-0.15, -0.1) is 11.6 Å². The lowest BCUT2D eigenvalue weighted by Gasteiger charge is -2.10. The fourth-order valence-electron chi connectivity index (χ4n) is 1.48. The number of benzene rings is 1. The van der Waals surface area contributed by atoms with E-state index in [4.69, 9.17) is 16.1 Å². The van der Waals surface area contributed by atoms with Gasteiger partial charge in [0.2, 0.25) is 0 Å². The van der Waals surface area contributed by atoms with Gasteiger partial charge in [-0.2, -0.15) is 13.2 Å². The van der Waals surface area contributed by atoms with E-state index in [1.807, 2.05) is 0 Å². The quantitative estimate of drug-likeness (QED) is 0.607. The van der Waals surface area contributed by atoms with Gasteiger partial charge in [0.25, 0.3) is 0 Å². The summed E-state index contributed by atoms with van der Waals surface area (Å²) in [5.74, 6) is -0.730. The molecule has 0 N–H and O–H groups in total. The van der Waals surface area contributed by atoms with Crippen molar-refractivity contribution in [2.45, 2.75) is 12.1 Å². The average molecular weight is 280 g/mol. The number of hydrogen-bond donors (Lipinski definition) is 0. The number of alkyl halides is 4. The standard InChI is InChI=1S/C11H6ClF4NO/c12-5-7-4-10(17-18-7)8-2-1-6(13)3-9(8)11(14,15)16/h1-4H,5H2. The van der Waals surface area contributed by atoms with E-state index in [0.29, 0.717) is 6.07 Å². The molecule has 0 aliphatic rings. The van der Waals surface area contributed by atoms with Gasteiger partial charge in [0.1, 0.15) is 11.5 Å². The minimum Gasteiger partial charge on any atom is -0.359 e. The van der Waals surface area contributed by atoms with Gasteiger partial charge >= 0.3 is 6.18 Å². The minimum absolute atomic E-state index is 0.00442. The molecular weight excluding hydrogens is 274 g/mol. The maximum absolute atomic E-state index is 12.9. The molecule has 0 saturated heterocycles. The molecule has 0 bridgehead atoms. The molecule has 0 aliphatic heterocycles. The largest absolute Gasteiger partial charge is 0.417 e. The Balaban J connectivity index is 2.56. The molecule has 0 fully saturated rings. The van der Waals surface area contributed by atoms with Gasteiger partial charge in [0, 0.05) is 11.6 Å². The Bertz CT molecular complexity index is 564. The van der Waals surface area contributed by atoms with Gasteiger partial charge in [-0.3, -0.25) is 0 Å². The maximum atomic E-state index is 12.9. The van der Waals surface area contributed by atoms with E-state index < -0.39 is 17.6 Å². The molecule has 1 heterocycles. The van der Waals surface area contributed by atoms with E-state index in [2.05, 4.69) is 5.16 Å². The highest BCUT2D eigenvalue weighted by Gasteiger charge is 2.34. The van der Waals surface area contributed by atoms with E-state index in [9.17, 15) is 17.6 Å². The first-order valence-electron chi connectivity index (χ1n) is 4.80. The lowest BCUT2D eigenvalue weighted by molar-refractivity contribution is -0.137. The Morgan fingerprint density at radius 2 is 1.94 bits per heavy atom. The number of halogens is 5. The number of rotatable bonds is 2. The van der Waals surface area contributed by atoms with Crippen molar-refractivity contribution < 1.29 is 22.1 Å². The van der Waals surface area contributed by atoms with Crippen LogP contribution < -0.4 is 0 Å². The minimum atomic E-state index is -4.67. The first-order valence-corrected chi connectivity index (χ1v) is 5.34.